The maximum atomic E-state index is 12.4. The number of esters is 1. The van der Waals surface area contributed by atoms with Crippen LogP contribution in [0.3, 0.4) is 0 Å². The molecule has 0 unspecified atom stereocenters. The first-order chi connectivity index (χ1) is 16.0. The summed E-state index contributed by atoms with van der Waals surface area (Å²) in [5.74, 6) is 0.626. The minimum atomic E-state index is -0.655. The average Bonchev–Trinajstić information content (AvgIpc) is 3.16. The zero-order valence-corrected chi connectivity index (χ0v) is 21.9. The van der Waals surface area contributed by atoms with E-state index in [1.54, 1.807) is 0 Å². The normalized spacial score (nSPS) is 35.4. The standard InChI is InChI=1S/C29H46O5/c1-7-28(5,8-2)34-27(32)18-33-20(4)24-13-14-25-21(10-9-15-29(24,25)6)11-12-22-16-23(30)17-26(31)19(22)3/h11-12,20,23-26,30-31H,3,7-10,13-18H2,1-2,4-6H3/t20-,23+,24+,25-,26-,29+/m0/s1. The predicted molar refractivity (Wildman–Crippen MR) is 135 cm³/mol. The van der Waals surface area contributed by atoms with Gasteiger partial charge in [-0.1, -0.05) is 45.1 Å². The van der Waals surface area contributed by atoms with Crippen molar-refractivity contribution in [2.75, 3.05) is 6.61 Å². The lowest BCUT2D eigenvalue weighted by Gasteiger charge is -2.44. The van der Waals surface area contributed by atoms with Crippen LogP contribution in [0.2, 0.25) is 0 Å². The molecule has 0 aromatic carbocycles. The van der Waals surface area contributed by atoms with Crippen LogP contribution in [0.15, 0.2) is 35.5 Å². The zero-order valence-electron chi connectivity index (χ0n) is 21.9. The molecule has 0 radical (unpaired) electrons. The molecule has 0 bridgehead atoms. The summed E-state index contributed by atoms with van der Waals surface area (Å²) in [7, 11) is 0. The van der Waals surface area contributed by atoms with Crippen molar-refractivity contribution in [1.82, 2.24) is 0 Å². The van der Waals surface area contributed by atoms with E-state index in [-0.39, 0.29) is 24.1 Å². The van der Waals surface area contributed by atoms with E-state index < -0.39 is 17.8 Å². The largest absolute Gasteiger partial charge is 0.458 e. The Bertz CT molecular complexity index is 807. The van der Waals surface area contributed by atoms with Crippen LogP contribution in [0.4, 0.5) is 0 Å². The molecule has 3 rings (SSSR count). The molecular weight excluding hydrogens is 428 g/mol. The highest BCUT2D eigenvalue weighted by Gasteiger charge is 2.51. The third-order valence-electron chi connectivity index (χ3n) is 9.19. The van der Waals surface area contributed by atoms with E-state index in [1.165, 1.54) is 12.0 Å². The molecule has 0 aromatic rings. The first-order valence-electron chi connectivity index (χ1n) is 13.3. The molecule has 192 valence electrons. The molecule has 3 aliphatic rings. The summed E-state index contributed by atoms with van der Waals surface area (Å²) < 4.78 is 11.8. The Morgan fingerprint density at radius 2 is 1.97 bits per heavy atom. The minimum Gasteiger partial charge on any atom is -0.458 e. The quantitative estimate of drug-likeness (QED) is 0.444. The molecule has 0 spiro atoms. The Morgan fingerprint density at radius 1 is 1.26 bits per heavy atom. The summed E-state index contributed by atoms with van der Waals surface area (Å²) in [6.45, 7) is 14.6. The maximum Gasteiger partial charge on any atom is 0.332 e. The number of allylic oxidation sites excluding steroid dienone is 3. The number of hydrogen-bond acceptors (Lipinski definition) is 5. The highest BCUT2D eigenvalue weighted by molar-refractivity contribution is 5.71. The molecule has 0 amide bonds. The SMILES string of the molecule is C=C1C(=CC=C2CCC[C@]3(C)[C@@H]([C@H](C)OCC(=O)OC(C)(CC)CC)CC[C@@H]23)C[C@@H](O)C[C@@H]1O. The van der Waals surface area contributed by atoms with Gasteiger partial charge in [-0.15, -0.1) is 0 Å². The van der Waals surface area contributed by atoms with Crippen molar-refractivity contribution in [2.24, 2.45) is 17.3 Å². The molecule has 0 aromatic heterocycles. The van der Waals surface area contributed by atoms with E-state index in [4.69, 9.17) is 9.47 Å². The van der Waals surface area contributed by atoms with Crippen molar-refractivity contribution < 1.29 is 24.5 Å². The van der Waals surface area contributed by atoms with E-state index >= 15 is 0 Å². The number of hydrogen-bond donors (Lipinski definition) is 2. The highest BCUT2D eigenvalue weighted by Crippen LogP contribution is 2.58. The summed E-state index contributed by atoms with van der Waals surface area (Å²) in [5.41, 5.74) is 2.89. The monoisotopic (exact) mass is 474 g/mol. The lowest BCUT2D eigenvalue weighted by Crippen LogP contribution is -2.39. The van der Waals surface area contributed by atoms with Crippen molar-refractivity contribution in [1.29, 1.82) is 0 Å². The molecule has 0 saturated heterocycles. The van der Waals surface area contributed by atoms with Crippen molar-refractivity contribution in [3.05, 3.63) is 35.5 Å². The highest BCUT2D eigenvalue weighted by atomic mass is 16.6. The summed E-state index contributed by atoms with van der Waals surface area (Å²) in [5, 5.41) is 20.2. The zero-order chi connectivity index (χ0) is 25.1. The van der Waals surface area contributed by atoms with E-state index in [9.17, 15) is 15.0 Å². The van der Waals surface area contributed by atoms with Gasteiger partial charge in [-0.2, -0.15) is 0 Å². The molecule has 6 atom stereocenters. The van der Waals surface area contributed by atoms with Gasteiger partial charge >= 0.3 is 5.97 Å². The molecule has 3 saturated carbocycles. The Balaban J connectivity index is 1.65. The molecule has 3 aliphatic carbocycles. The van der Waals surface area contributed by atoms with Crippen LogP contribution in [0.25, 0.3) is 0 Å². The number of carbonyl (C=O) groups is 1. The Hall–Kier alpha value is -1.43. The Labute approximate surface area is 206 Å². The average molecular weight is 475 g/mol. The molecule has 3 fully saturated rings. The third kappa shape index (κ3) is 5.85. The van der Waals surface area contributed by atoms with Crippen LogP contribution in [0.1, 0.15) is 92.4 Å². The maximum absolute atomic E-state index is 12.4. The second-order valence-corrected chi connectivity index (χ2v) is 11.3. The van der Waals surface area contributed by atoms with Crippen molar-refractivity contribution in [2.45, 2.75) is 116 Å². The topological polar surface area (TPSA) is 76.0 Å². The summed E-state index contributed by atoms with van der Waals surface area (Å²) in [6.07, 6.45) is 11.3. The molecule has 34 heavy (non-hydrogen) atoms. The van der Waals surface area contributed by atoms with Crippen LogP contribution in [-0.2, 0) is 14.3 Å². The van der Waals surface area contributed by atoms with Crippen molar-refractivity contribution in [3.8, 4) is 0 Å². The van der Waals surface area contributed by atoms with Crippen molar-refractivity contribution >= 4 is 5.97 Å². The Morgan fingerprint density at radius 3 is 2.65 bits per heavy atom. The van der Waals surface area contributed by atoms with E-state index in [2.05, 4.69) is 32.6 Å². The van der Waals surface area contributed by atoms with Gasteiger partial charge in [0.1, 0.15) is 12.2 Å². The molecule has 0 aliphatic heterocycles. The molecule has 0 heterocycles. The van der Waals surface area contributed by atoms with Crippen LogP contribution >= 0.6 is 0 Å². The van der Waals surface area contributed by atoms with Gasteiger partial charge in [0.2, 0.25) is 0 Å². The first-order valence-corrected chi connectivity index (χ1v) is 13.3. The van der Waals surface area contributed by atoms with Crippen LogP contribution in [0, 0.1) is 17.3 Å². The smallest absolute Gasteiger partial charge is 0.332 e. The summed E-state index contributed by atoms with van der Waals surface area (Å²) >= 11 is 0. The molecule has 5 heteroatoms. The lowest BCUT2D eigenvalue weighted by atomic mass is 9.62. The predicted octanol–water partition coefficient (Wildman–Crippen LogP) is 5.65. The number of aliphatic hydroxyl groups excluding tert-OH is 2. The van der Waals surface area contributed by atoms with E-state index in [1.807, 2.05) is 20.8 Å². The van der Waals surface area contributed by atoms with Crippen LogP contribution in [0.5, 0.6) is 0 Å². The van der Waals surface area contributed by atoms with Gasteiger partial charge in [0.15, 0.2) is 0 Å². The van der Waals surface area contributed by atoms with E-state index in [0.29, 0.717) is 24.7 Å². The lowest BCUT2D eigenvalue weighted by molar-refractivity contribution is -0.167. The van der Waals surface area contributed by atoms with Gasteiger partial charge in [0.25, 0.3) is 0 Å². The fourth-order valence-corrected chi connectivity index (χ4v) is 6.53. The van der Waals surface area contributed by atoms with Gasteiger partial charge in [0, 0.05) is 6.42 Å². The van der Waals surface area contributed by atoms with Gasteiger partial charge < -0.3 is 19.7 Å². The van der Waals surface area contributed by atoms with Gasteiger partial charge in [-0.05, 0) is 93.6 Å². The van der Waals surface area contributed by atoms with E-state index in [0.717, 1.165) is 49.7 Å². The van der Waals surface area contributed by atoms with Crippen LogP contribution in [-0.4, -0.2) is 46.7 Å². The summed E-state index contributed by atoms with van der Waals surface area (Å²) in [4.78, 5) is 12.4. The summed E-state index contributed by atoms with van der Waals surface area (Å²) in [6, 6.07) is 0. The number of aliphatic hydroxyl groups is 2. The third-order valence-corrected chi connectivity index (χ3v) is 9.19. The fourth-order valence-electron chi connectivity index (χ4n) is 6.53. The number of ether oxygens (including phenoxy) is 2. The van der Waals surface area contributed by atoms with Crippen LogP contribution < -0.4 is 0 Å². The molecule has 2 N–H and O–H groups in total. The van der Waals surface area contributed by atoms with Gasteiger partial charge in [-0.25, -0.2) is 4.79 Å². The fraction of sp³-hybridized carbons (Fsp3) is 0.759. The van der Waals surface area contributed by atoms with Crippen molar-refractivity contribution in [3.63, 3.8) is 0 Å². The van der Waals surface area contributed by atoms with Gasteiger partial charge in [-0.3, -0.25) is 0 Å². The first kappa shape index (κ1) is 27.2. The number of carbonyl (C=O) groups excluding carboxylic acids is 1. The second-order valence-electron chi connectivity index (χ2n) is 11.3. The number of fused-ring (bicyclic) bond motifs is 1. The molecule has 5 nitrogen and oxygen atoms in total. The Kier molecular flexibility index (Phi) is 8.86. The minimum absolute atomic E-state index is 0.00168. The number of rotatable bonds is 8. The van der Waals surface area contributed by atoms with Gasteiger partial charge in [0.05, 0.1) is 18.3 Å². The molecular formula is C29H46O5. The second kappa shape index (κ2) is 11.1.